The first-order valence-corrected chi connectivity index (χ1v) is 8.92. The average molecular weight is 324 g/mol. The van der Waals surface area contributed by atoms with E-state index in [9.17, 15) is 4.79 Å². The Morgan fingerprint density at radius 3 is 2.58 bits per heavy atom. The van der Waals surface area contributed by atoms with E-state index in [1.165, 1.54) is 12.8 Å². The Hall–Kier alpha value is -2.14. The van der Waals surface area contributed by atoms with Gasteiger partial charge in [0, 0.05) is 25.3 Å². The summed E-state index contributed by atoms with van der Waals surface area (Å²) in [4.78, 5) is 14.6. The third-order valence-corrected chi connectivity index (χ3v) is 5.02. The van der Waals surface area contributed by atoms with Crippen LogP contribution in [0.3, 0.4) is 0 Å². The van der Waals surface area contributed by atoms with E-state index in [1.54, 1.807) is 10.9 Å². The van der Waals surface area contributed by atoms with Gasteiger partial charge in [-0.05, 0) is 50.3 Å². The second-order valence-electron chi connectivity index (χ2n) is 6.93. The van der Waals surface area contributed by atoms with E-state index < -0.39 is 0 Å². The minimum Gasteiger partial charge on any atom is -0.338 e. The quantitative estimate of drug-likeness (QED) is 0.919. The molecule has 0 spiro atoms. The molecule has 5 nitrogen and oxygen atoms in total. The number of para-hydroxylation sites is 1. The number of amides is 1. The molecule has 0 bridgehead atoms. The average Bonchev–Trinajstić information content (AvgIpc) is 3.34. The summed E-state index contributed by atoms with van der Waals surface area (Å²) in [6, 6.07) is 10.5. The summed E-state index contributed by atoms with van der Waals surface area (Å²) in [6.07, 6.45) is 8.36. The second kappa shape index (κ2) is 6.77. The van der Waals surface area contributed by atoms with Gasteiger partial charge in [0.25, 0.3) is 5.91 Å². The Bertz CT molecular complexity index is 684. The van der Waals surface area contributed by atoms with Gasteiger partial charge < -0.3 is 10.2 Å². The van der Waals surface area contributed by atoms with Crippen molar-refractivity contribution in [2.75, 3.05) is 19.6 Å². The van der Waals surface area contributed by atoms with Crippen molar-refractivity contribution in [3.63, 3.8) is 0 Å². The van der Waals surface area contributed by atoms with Crippen LogP contribution in [0.1, 0.15) is 36.0 Å². The van der Waals surface area contributed by atoms with Crippen LogP contribution in [0.25, 0.3) is 5.69 Å². The largest absolute Gasteiger partial charge is 0.338 e. The number of aromatic nitrogens is 2. The Morgan fingerprint density at radius 2 is 1.88 bits per heavy atom. The van der Waals surface area contributed by atoms with Gasteiger partial charge in [0.1, 0.15) is 0 Å². The van der Waals surface area contributed by atoms with E-state index in [0.29, 0.717) is 11.6 Å². The van der Waals surface area contributed by atoms with Gasteiger partial charge in [-0.3, -0.25) is 4.79 Å². The predicted octanol–water partition coefficient (Wildman–Crippen LogP) is 2.48. The van der Waals surface area contributed by atoms with Gasteiger partial charge in [0.05, 0.1) is 17.4 Å². The van der Waals surface area contributed by atoms with E-state index in [-0.39, 0.29) is 5.91 Å². The molecule has 0 radical (unpaired) electrons. The maximum Gasteiger partial charge on any atom is 0.257 e. The fourth-order valence-corrected chi connectivity index (χ4v) is 3.28. The number of rotatable bonds is 5. The van der Waals surface area contributed by atoms with Crippen LogP contribution in [0.5, 0.6) is 0 Å². The molecule has 1 aromatic carbocycles. The van der Waals surface area contributed by atoms with E-state index in [0.717, 1.165) is 44.1 Å². The molecule has 2 aliphatic rings. The van der Waals surface area contributed by atoms with Crippen molar-refractivity contribution < 1.29 is 4.79 Å². The van der Waals surface area contributed by atoms with Crippen molar-refractivity contribution in [1.82, 2.24) is 20.0 Å². The fourth-order valence-electron chi connectivity index (χ4n) is 3.28. The fraction of sp³-hybridized carbons (Fsp3) is 0.474. The van der Waals surface area contributed by atoms with Gasteiger partial charge in [0.2, 0.25) is 0 Å². The van der Waals surface area contributed by atoms with Crippen molar-refractivity contribution >= 4 is 5.91 Å². The Balaban J connectivity index is 1.34. The highest BCUT2D eigenvalue weighted by Gasteiger charge is 2.26. The minimum atomic E-state index is 0.0952. The van der Waals surface area contributed by atoms with Crippen LogP contribution in [0.2, 0.25) is 0 Å². The molecule has 0 unspecified atom stereocenters. The third-order valence-electron chi connectivity index (χ3n) is 5.02. The van der Waals surface area contributed by atoms with E-state index in [1.807, 2.05) is 41.4 Å². The molecule has 24 heavy (non-hydrogen) atoms. The van der Waals surface area contributed by atoms with Gasteiger partial charge in [-0.25, -0.2) is 4.68 Å². The second-order valence-corrected chi connectivity index (χ2v) is 6.93. The molecule has 2 aromatic rings. The third kappa shape index (κ3) is 3.51. The van der Waals surface area contributed by atoms with Gasteiger partial charge in [-0.2, -0.15) is 5.10 Å². The smallest absolute Gasteiger partial charge is 0.257 e. The number of hydrogen-bond donors (Lipinski definition) is 1. The first-order chi connectivity index (χ1) is 11.8. The van der Waals surface area contributed by atoms with Crippen LogP contribution in [-0.4, -0.2) is 46.3 Å². The first kappa shape index (κ1) is 15.4. The van der Waals surface area contributed by atoms with Crippen molar-refractivity contribution in [2.24, 2.45) is 5.92 Å². The zero-order valence-electron chi connectivity index (χ0n) is 13.9. The lowest BCUT2D eigenvalue weighted by Crippen LogP contribution is -2.45. The molecule has 1 amide bonds. The number of hydrogen-bond acceptors (Lipinski definition) is 3. The van der Waals surface area contributed by atoms with Gasteiger partial charge in [-0.15, -0.1) is 0 Å². The number of carbonyl (C=O) groups is 1. The lowest BCUT2D eigenvalue weighted by atomic mass is 10.0. The van der Waals surface area contributed by atoms with Gasteiger partial charge in [-0.1, -0.05) is 18.2 Å². The highest BCUT2D eigenvalue weighted by Crippen LogP contribution is 2.28. The lowest BCUT2D eigenvalue weighted by molar-refractivity contribution is 0.0705. The molecule has 4 rings (SSSR count). The number of nitrogens with zero attached hydrogens (tertiary/aromatic N) is 3. The molecule has 1 saturated carbocycles. The summed E-state index contributed by atoms with van der Waals surface area (Å²) in [5, 5.41) is 7.98. The first-order valence-electron chi connectivity index (χ1n) is 8.92. The molecule has 2 heterocycles. The van der Waals surface area contributed by atoms with E-state index >= 15 is 0 Å². The maximum atomic E-state index is 12.7. The molecule has 5 heteroatoms. The van der Waals surface area contributed by atoms with Gasteiger partial charge >= 0.3 is 0 Å². The molecule has 2 fully saturated rings. The van der Waals surface area contributed by atoms with Crippen LogP contribution in [0.15, 0.2) is 42.7 Å². The summed E-state index contributed by atoms with van der Waals surface area (Å²) in [5.41, 5.74) is 1.64. The van der Waals surface area contributed by atoms with Crippen LogP contribution in [0, 0.1) is 5.92 Å². The molecule has 1 aliphatic carbocycles. The topological polar surface area (TPSA) is 50.2 Å². The molecule has 1 N–H and O–H groups in total. The normalized spacial score (nSPS) is 18.8. The Labute approximate surface area is 142 Å². The Morgan fingerprint density at radius 1 is 1.12 bits per heavy atom. The van der Waals surface area contributed by atoms with E-state index in [2.05, 4.69) is 10.4 Å². The minimum absolute atomic E-state index is 0.0952. The molecule has 126 valence electrons. The summed E-state index contributed by atoms with van der Waals surface area (Å²) in [7, 11) is 0. The number of likely N-dealkylation sites (tertiary alicyclic amines) is 1. The monoisotopic (exact) mass is 324 g/mol. The van der Waals surface area contributed by atoms with Crippen molar-refractivity contribution in [3.8, 4) is 5.69 Å². The standard InChI is InChI=1S/C19H24N4O/c24-19(16-13-21-23(14-16)18-4-2-1-3-5-18)22-10-8-17(9-11-22)20-12-15-6-7-15/h1-5,13-15,17,20H,6-12H2. The SMILES string of the molecule is O=C(c1cnn(-c2ccccc2)c1)N1CCC(NCC2CC2)CC1. The molecule has 1 saturated heterocycles. The van der Waals surface area contributed by atoms with Crippen molar-refractivity contribution in [3.05, 3.63) is 48.3 Å². The predicted molar refractivity (Wildman–Crippen MR) is 93.2 cm³/mol. The number of carbonyl (C=O) groups excluding carboxylic acids is 1. The van der Waals surface area contributed by atoms with Crippen LogP contribution in [0.4, 0.5) is 0 Å². The molecular formula is C19H24N4O. The number of nitrogens with one attached hydrogen (secondary N) is 1. The zero-order chi connectivity index (χ0) is 16.4. The maximum absolute atomic E-state index is 12.7. The van der Waals surface area contributed by atoms with Crippen LogP contribution in [-0.2, 0) is 0 Å². The summed E-state index contributed by atoms with van der Waals surface area (Å²) < 4.78 is 1.76. The van der Waals surface area contributed by atoms with E-state index in [4.69, 9.17) is 0 Å². The van der Waals surface area contributed by atoms with Crippen LogP contribution < -0.4 is 5.32 Å². The number of piperidine rings is 1. The summed E-state index contributed by atoms with van der Waals surface area (Å²) in [6.45, 7) is 2.82. The number of benzene rings is 1. The zero-order valence-corrected chi connectivity index (χ0v) is 13.9. The molecule has 0 atom stereocenters. The highest BCUT2D eigenvalue weighted by molar-refractivity contribution is 5.93. The van der Waals surface area contributed by atoms with Crippen molar-refractivity contribution in [2.45, 2.75) is 31.7 Å². The van der Waals surface area contributed by atoms with Crippen molar-refractivity contribution in [1.29, 1.82) is 0 Å². The molecule has 1 aliphatic heterocycles. The lowest BCUT2D eigenvalue weighted by Gasteiger charge is -2.32. The highest BCUT2D eigenvalue weighted by atomic mass is 16.2. The molecule has 1 aromatic heterocycles. The Kier molecular flexibility index (Phi) is 4.34. The van der Waals surface area contributed by atoms with Crippen LogP contribution >= 0.6 is 0 Å². The van der Waals surface area contributed by atoms with Gasteiger partial charge in [0.15, 0.2) is 0 Å². The summed E-state index contributed by atoms with van der Waals surface area (Å²) in [5.74, 6) is 1.01. The molecular weight excluding hydrogens is 300 g/mol. The summed E-state index contributed by atoms with van der Waals surface area (Å²) >= 11 is 0.